The number of rotatable bonds is 2. The van der Waals surface area contributed by atoms with Crippen LogP contribution in [-0.4, -0.2) is 31.0 Å². The number of methoxy groups -OCH3 is 1. The fraction of sp³-hybridized carbons (Fsp3) is 0.857. The number of hydrogen-bond donors (Lipinski definition) is 1. The molecule has 0 bridgehead atoms. The maximum Gasteiger partial charge on any atom is 0.327 e. The molecule has 0 saturated carbocycles. The Morgan fingerprint density at radius 2 is 2.42 bits per heavy atom. The Morgan fingerprint density at radius 1 is 1.75 bits per heavy atom. The van der Waals surface area contributed by atoms with E-state index in [2.05, 4.69) is 10.1 Å². The molecule has 1 atom stereocenters. The average Bonchev–Trinajstić information content (AvgIpc) is 2.52. The van der Waals surface area contributed by atoms with E-state index in [9.17, 15) is 4.79 Å². The Morgan fingerprint density at radius 3 is 2.75 bits per heavy atom. The van der Waals surface area contributed by atoms with Gasteiger partial charge in [0.2, 0.25) is 0 Å². The van der Waals surface area contributed by atoms with Crippen molar-refractivity contribution in [3.05, 3.63) is 0 Å². The summed E-state index contributed by atoms with van der Waals surface area (Å²) in [5, 5.41) is 3.06. The lowest BCUT2D eigenvalue weighted by Gasteiger charge is -2.22. The zero-order valence-corrected chi connectivity index (χ0v) is 8.50. The standard InChI is InChI=1S/C7H12ClNO2.ClH/c1-11-6(10)7(5-8)3-2-4-9-7;/h9H,2-5H2,1H3;1H. The van der Waals surface area contributed by atoms with E-state index in [1.807, 2.05) is 0 Å². The summed E-state index contributed by atoms with van der Waals surface area (Å²) < 4.78 is 4.64. The lowest BCUT2D eigenvalue weighted by Crippen LogP contribution is -2.50. The first-order valence-corrected chi connectivity index (χ1v) is 4.18. The summed E-state index contributed by atoms with van der Waals surface area (Å²) in [5.74, 6) is 0.0460. The van der Waals surface area contributed by atoms with Crippen LogP contribution in [0.1, 0.15) is 12.8 Å². The minimum Gasteiger partial charge on any atom is -0.468 e. The first-order valence-electron chi connectivity index (χ1n) is 3.64. The molecule has 1 aliphatic heterocycles. The van der Waals surface area contributed by atoms with Crippen LogP contribution in [0.15, 0.2) is 0 Å². The number of carbonyl (C=O) groups is 1. The van der Waals surface area contributed by atoms with Crippen LogP contribution in [0.4, 0.5) is 0 Å². The molecule has 1 unspecified atom stereocenters. The number of hydrogen-bond acceptors (Lipinski definition) is 3. The van der Waals surface area contributed by atoms with Crippen LogP contribution in [0, 0.1) is 0 Å². The highest BCUT2D eigenvalue weighted by atomic mass is 35.5. The van der Waals surface area contributed by atoms with Crippen LogP contribution in [-0.2, 0) is 9.53 Å². The van der Waals surface area contributed by atoms with Crippen LogP contribution in [0.25, 0.3) is 0 Å². The molecule has 0 amide bonds. The van der Waals surface area contributed by atoms with E-state index >= 15 is 0 Å². The van der Waals surface area contributed by atoms with E-state index < -0.39 is 5.54 Å². The molecule has 1 saturated heterocycles. The Hall–Kier alpha value is 0.01000. The number of nitrogens with one attached hydrogen (secondary N) is 1. The molecule has 0 aromatic heterocycles. The quantitative estimate of drug-likeness (QED) is 0.549. The molecule has 72 valence electrons. The van der Waals surface area contributed by atoms with Gasteiger partial charge in [0.05, 0.1) is 13.0 Å². The SMILES string of the molecule is COC(=O)C1(CCl)CCCN1.Cl. The maximum absolute atomic E-state index is 11.2. The van der Waals surface area contributed by atoms with E-state index in [4.69, 9.17) is 11.6 Å². The van der Waals surface area contributed by atoms with Gasteiger partial charge in [0.1, 0.15) is 5.54 Å². The van der Waals surface area contributed by atoms with Gasteiger partial charge in [-0.25, -0.2) is 0 Å². The van der Waals surface area contributed by atoms with Gasteiger partial charge in [-0.15, -0.1) is 24.0 Å². The van der Waals surface area contributed by atoms with Crippen molar-refractivity contribution < 1.29 is 9.53 Å². The van der Waals surface area contributed by atoms with Gasteiger partial charge in [0, 0.05) is 0 Å². The molecule has 1 rings (SSSR count). The van der Waals surface area contributed by atoms with Gasteiger partial charge < -0.3 is 10.1 Å². The van der Waals surface area contributed by atoms with E-state index in [0.717, 1.165) is 19.4 Å². The first kappa shape index (κ1) is 12.0. The van der Waals surface area contributed by atoms with Crippen molar-refractivity contribution in [3.63, 3.8) is 0 Å². The van der Waals surface area contributed by atoms with Crippen molar-refractivity contribution in [2.24, 2.45) is 0 Å². The summed E-state index contributed by atoms with van der Waals surface area (Å²) in [6, 6.07) is 0. The largest absolute Gasteiger partial charge is 0.468 e. The van der Waals surface area contributed by atoms with Gasteiger partial charge in [0.25, 0.3) is 0 Å². The summed E-state index contributed by atoms with van der Waals surface area (Å²) in [6.07, 6.45) is 1.77. The molecule has 1 aliphatic rings. The van der Waals surface area contributed by atoms with Crippen LogP contribution in [0.2, 0.25) is 0 Å². The second kappa shape index (κ2) is 4.90. The minimum absolute atomic E-state index is 0. The highest BCUT2D eigenvalue weighted by Gasteiger charge is 2.41. The molecular weight excluding hydrogens is 201 g/mol. The molecule has 1 N–H and O–H groups in total. The third-order valence-electron chi connectivity index (χ3n) is 2.05. The predicted molar refractivity (Wildman–Crippen MR) is 50.0 cm³/mol. The summed E-state index contributed by atoms with van der Waals surface area (Å²) in [5.41, 5.74) is -0.601. The highest BCUT2D eigenvalue weighted by Crippen LogP contribution is 2.21. The number of ether oxygens (including phenoxy) is 1. The predicted octanol–water partition coefficient (Wildman–Crippen LogP) is 0.942. The Balaban J connectivity index is 0.00000121. The van der Waals surface area contributed by atoms with Gasteiger partial charge in [-0.05, 0) is 19.4 Å². The van der Waals surface area contributed by atoms with Crippen molar-refractivity contribution in [1.82, 2.24) is 5.32 Å². The monoisotopic (exact) mass is 213 g/mol. The normalized spacial score (nSPS) is 27.8. The van der Waals surface area contributed by atoms with Crippen molar-refractivity contribution in [1.29, 1.82) is 0 Å². The van der Waals surface area contributed by atoms with Gasteiger partial charge >= 0.3 is 5.97 Å². The summed E-state index contributed by atoms with van der Waals surface area (Å²) >= 11 is 5.67. The number of halogens is 2. The molecule has 0 aromatic carbocycles. The van der Waals surface area contributed by atoms with Crippen molar-refractivity contribution >= 4 is 30.0 Å². The Kier molecular flexibility index (Phi) is 4.90. The smallest absolute Gasteiger partial charge is 0.327 e. The average molecular weight is 214 g/mol. The van der Waals surface area contributed by atoms with Gasteiger partial charge in [-0.3, -0.25) is 4.79 Å². The van der Waals surface area contributed by atoms with E-state index in [-0.39, 0.29) is 18.4 Å². The summed E-state index contributed by atoms with van der Waals surface area (Å²) in [7, 11) is 1.39. The lowest BCUT2D eigenvalue weighted by atomic mass is 10.0. The van der Waals surface area contributed by atoms with Gasteiger partial charge in [-0.1, -0.05) is 0 Å². The van der Waals surface area contributed by atoms with Gasteiger partial charge in [0.15, 0.2) is 0 Å². The molecule has 0 aromatic rings. The molecule has 3 nitrogen and oxygen atoms in total. The molecule has 1 heterocycles. The second-order valence-corrected chi connectivity index (χ2v) is 3.00. The fourth-order valence-electron chi connectivity index (χ4n) is 1.34. The van der Waals surface area contributed by atoms with E-state index in [1.165, 1.54) is 7.11 Å². The van der Waals surface area contributed by atoms with Crippen LogP contribution in [0.3, 0.4) is 0 Å². The zero-order valence-electron chi connectivity index (χ0n) is 6.93. The molecule has 12 heavy (non-hydrogen) atoms. The first-order chi connectivity index (χ1) is 5.25. The number of alkyl halides is 1. The van der Waals surface area contributed by atoms with Crippen LogP contribution >= 0.6 is 24.0 Å². The molecule has 0 radical (unpaired) electrons. The third kappa shape index (κ3) is 2.03. The van der Waals surface area contributed by atoms with E-state index in [0.29, 0.717) is 5.88 Å². The number of esters is 1. The van der Waals surface area contributed by atoms with Crippen molar-refractivity contribution in [2.75, 3.05) is 19.5 Å². The van der Waals surface area contributed by atoms with Crippen LogP contribution < -0.4 is 5.32 Å². The van der Waals surface area contributed by atoms with Crippen molar-refractivity contribution in [2.45, 2.75) is 18.4 Å². The molecule has 5 heteroatoms. The van der Waals surface area contributed by atoms with Crippen molar-refractivity contribution in [3.8, 4) is 0 Å². The van der Waals surface area contributed by atoms with Gasteiger partial charge in [-0.2, -0.15) is 0 Å². The Bertz CT molecular complexity index is 157. The maximum atomic E-state index is 11.2. The lowest BCUT2D eigenvalue weighted by molar-refractivity contribution is -0.147. The van der Waals surface area contributed by atoms with Crippen LogP contribution in [0.5, 0.6) is 0 Å². The molecule has 0 spiro atoms. The summed E-state index contributed by atoms with van der Waals surface area (Å²) in [4.78, 5) is 11.2. The highest BCUT2D eigenvalue weighted by molar-refractivity contribution is 6.20. The zero-order chi connectivity index (χ0) is 8.32. The van der Waals surface area contributed by atoms with E-state index in [1.54, 1.807) is 0 Å². The number of carbonyl (C=O) groups excluding carboxylic acids is 1. The Labute approximate surface area is 83.2 Å². The minimum atomic E-state index is -0.601. The third-order valence-corrected chi connectivity index (χ3v) is 2.50. The summed E-state index contributed by atoms with van der Waals surface area (Å²) in [6.45, 7) is 0.849. The topological polar surface area (TPSA) is 38.3 Å². The molecule has 1 fully saturated rings. The molecular formula is C7H13Cl2NO2. The molecule has 0 aliphatic carbocycles. The fourth-order valence-corrected chi connectivity index (χ4v) is 1.68. The second-order valence-electron chi connectivity index (χ2n) is 2.74.